The molecule has 4 rings (SSSR count). The van der Waals surface area contributed by atoms with E-state index in [4.69, 9.17) is 11.6 Å². The van der Waals surface area contributed by atoms with E-state index in [1.807, 2.05) is 19.2 Å². The minimum absolute atomic E-state index is 0.423. The zero-order chi connectivity index (χ0) is 17.6. The van der Waals surface area contributed by atoms with Gasteiger partial charge in [-0.25, -0.2) is 0 Å². The van der Waals surface area contributed by atoms with Gasteiger partial charge in [0.15, 0.2) is 0 Å². The van der Waals surface area contributed by atoms with Gasteiger partial charge in [0.25, 0.3) is 0 Å². The van der Waals surface area contributed by atoms with Gasteiger partial charge in [0.05, 0.1) is 10.5 Å². The fraction of sp³-hybridized carbons (Fsp3) is 0.381. The molecule has 1 aliphatic rings. The number of aryl methyl sites for hydroxylation is 3. The Morgan fingerprint density at radius 1 is 1.24 bits per heavy atom. The molecule has 3 heterocycles. The zero-order valence-corrected chi connectivity index (χ0v) is 15.8. The molecule has 1 aromatic carbocycles. The number of fused-ring (bicyclic) bond motifs is 3. The molecule has 130 valence electrons. The third-order valence-electron chi connectivity index (χ3n) is 5.56. The van der Waals surface area contributed by atoms with Crippen molar-refractivity contribution >= 4 is 22.5 Å². The van der Waals surface area contributed by atoms with E-state index < -0.39 is 0 Å². The van der Waals surface area contributed by atoms with Crippen molar-refractivity contribution in [3.05, 3.63) is 64.1 Å². The Bertz CT molecular complexity index is 911. The van der Waals surface area contributed by atoms with Gasteiger partial charge in [-0.2, -0.15) is 0 Å². The molecule has 0 fully saturated rings. The molecule has 0 spiro atoms. The molecule has 25 heavy (non-hydrogen) atoms. The Morgan fingerprint density at radius 2 is 2.08 bits per heavy atom. The van der Waals surface area contributed by atoms with Gasteiger partial charge in [0, 0.05) is 48.5 Å². The number of pyridine rings is 1. The van der Waals surface area contributed by atoms with Crippen LogP contribution in [0.4, 0.5) is 0 Å². The molecule has 3 aromatic rings. The van der Waals surface area contributed by atoms with Crippen LogP contribution in [0.2, 0.25) is 5.02 Å². The molecule has 2 aromatic heterocycles. The number of aromatic nitrogens is 2. The van der Waals surface area contributed by atoms with Gasteiger partial charge in [0.1, 0.15) is 0 Å². The summed E-state index contributed by atoms with van der Waals surface area (Å²) in [7, 11) is 2.21. The first-order chi connectivity index (χ1) is 12.1. The number of para-hydroxylation sites is 1. The smallest absolute Gasteiger partial charge is 0.0675 e. The van der Waals surface area contributed by atoms with E-state index in [0.29, 0.717) is 6.04 Å². The second-order valence-corrected chi connectivity index (χ2v) is 7.52. The molecule has 1 atom stereocenters. The third-order valence-corrected chi connectivity index (χ3v) is 5.87. The zero-order valence-electron chi connectivity index (χ0n) is 15.1. The fourth-order valence-electron chi connectivity index (χ4n) is 4.01. The van der Waals surface area contributed by atoms with Crippen molar-refractivity contribution in [3.63, 3.8) is 0 Å². The monoisotopic (exact) mass is 353 g/mol. The standard InChI is InChI=1S/C21H24ClN3/c1-14-7-8-16(13-23-14)9-12-25-19-10-11-24(3)15(2)20(19)17-5-4-6-18(22)21(17)25/h4-8,13,15H,9-12H2,1-3H3. The highest BCUT2D eigenvalue weighted by atomic mass is 35.5. The number of benzene rings is 1. The third kappa shape index (κ3) is 2.86. The van der Waals surface area contributed by atoms with Crippen LogP contribution in [-0.4, -0.2) is 28.0 Å². The molecule has 0 radical (unpaired) electrons. The average Bonchev–Trinajstić information content (AvgIpc) is 2.93. The number of rotatable bonds is 3. The number of halogens is 1. The van der Waals surface area contributed by atoms with E-state index in [0.717, 1.165) is 36.6 Å². The van der Waals surface area contributed by atoms with Crippen LogP contribution in [0, 0.1) is 6.92 Å². The molecule has 1 aliphatic heterocycles. The molecule has 0 amide bonds. The Hall–Kier alpha value is -1.84. The van der Waals surface area contributed by atoms with Crippen molar-refractivity contribution in [1.29, 1.82) is 0 Å². The van der Waals surface area contributed by atoms with Crippen molar-refractivity contribution in [3.8, 4) is 0 Å². The molecule has 0 aliphatic carbocycles. The van der Waals surface area contributed by atoms with Gasteiger partial charge >= 0.3 is 0 Å². The van der Waals surface area contributed by atoms with Gasteiger partial charge in [0.2, 0.25) is 0 Å². The summed E-state index contributed by atoms with van der Waals surface area (Å²) in [4.78, 5) is 6.85. The van der Waals surface area contributed by atoms with Crippen LogP contribution in [0.15, 0.2) is 36.5 Å². The lowest BCUT2D eigenvalue weighted by atomic mass is 9.97. The van der Waals surface area contributed by atoms with E-state index in [2.05, 4.69) is 52.7 Å². The Labute approximate surface area is 154 Å². The summed E-state index contributed by atoms with van der Waals surface area (Å²) in [6.07, 6.45) is 4.04. The maximum atomic E-state index is 6.62. The summed E-state index contributed by atoms with van der Waals surface area (Å²) >= 11 is 6.62. The molecule has 0 saturated heterocycles. The first-order valence-corrected chi connectivity index (χ1v) is 9.35. The molecule has 3 nitrogen and oxygen atoms in total. The molecular weight excluding hydrogens is 330 g/mol. The molecule has 4 heteroatoms. The molecular formula is C21H24ClN3. The van der Waals surface area contributed by atoms with Gasteiger partial charge in [-0.3, -0.25) is 9.88 Å². The maximum absolute atomic E-state index is 6.62. The van der Waals surface area contributed by atoms with Gasteiger partial charge in [-0.05, 0) is 50.6 Å². The summed E-state index contributed by atoms with van der Waals surface area (Å²) in [5, 5.41) is 2.16. The lowest BCUT2D eigenvalue weighted by Gasteiger charge is -2.31. The Balaban J connectivity index is 1.79. The van der Waals surface area contributed by atoms with Crippen LogP contribution in [0.25, 0.3) is 10.9 Å². The van der Waals surface area contributed by atoms with Crippen LogP contribution in [0.1, 0.15) is 35.5 Å². The van der Waals surface area contributed by atoms with Crippen molar-refractivity contribution in [2.45, 2.75) is 39.3 Å². The van der Waals surface area contributed by atoms with E-state index >= 15 is 0 Å². The maximum Gasteiger partial charge on any atom is 0.0675 e. The average molecular weight is 354 g/mol. The van der Waals surface area contributed by atoms with Gasteiger partial charge in [-0.15, -0.1) is 0 Å². The van der Waals surface area contributed by atoms with E-state index in [9.17, 15) is 0 Å². The molecule has 0 N–H and O–H groups in total. The first-order valence-electron chi connectivity index (χ1n) is 8.97. The first kappa shape index (κ1) is 16.6. The van der Waals surface area contributed by atoms with E-state index in [1.54, 1.807) is 0 Å². The largest absolute Gasteiger partial charge is 0.343 e. The Morgan fingerprint density at radius 3 is 2.84 bits per heavy atom. The number of likely N-dealkylation sites (N-methyl/N-ethyl adjacent to an activating group) is 1. The highest BCUT2D eigenvalue weighted by Crippen LogP contribution is 2.39. The summed E-state index contributed by atoms with van der Waals surface area (Å²) in [5.41, 5.74) is 6.43. The number of nitrogens with zero attached hydrogens (tertiary/aromatic N) is 3. The second-order valence-electron chi connectivity index (χ2n) is 7.11. The lowest BCUT2D eigenvalue weighted by Crippen LogP contribution is -2.31. The summed E-state index contributed by atoms with van der Waals surface area (Å²) < 4.78 is 2.45. The Kier molecular flexibility index (Phi) is 4.30. The highest BCUT2D eigenvalue weighted by Gasteiger charge is 2.28. The minimum Gasteiger partial charge on any atom is -0.343 e. The molecule has 0 saturated carbocycles. The predicted molar refractivity (Wildman–Crippen MR) is 104 cm³/mol. The summed E-state index contributed by atoms with van der Waals surface area (Å²) in [5.74, 6) is 0. The normalized spacial score (nSPS) is 17.8. The van der Waals surface area contributed by atoms with Crippen molar-refractivity contribution < 1.29 is 0 Å². The van der Waals surface area contributed by atoms with E-state index in [1.165, 1.54) is 27.7 Å². The van der Waals surface area contributed by atoms with Crippen LogP contribution >= 0.6 is 11.6 Å². The topological polar surface area (TPSA) is 21.1 Å². The van der Waals surface area contributed by atoms with Crippen molar-refractivity contribution in [2.24, 2.45) is 0 Å². The highest BCUT2D eigenvalue weighted by molar-refractivity contribution is 6.35. The van der Waals surface area contributed by atoms with Crippen molar-refractivity contribution in [1.82, 2.24) is 14.5 Å². The number of hydrogen-bond acceptors (Lipinski definition) is 2. The number of hydrogen-bond donors (Lipinski definition) is 0. The second kappa shape index (κ2) is 6.47. The molecule has 1 unspecified atom stereocenters. The van der Waals surface area contributed by atoms with Gasteiger partial charge in [-0.1, -0.05) is 29.8 Å². The lowest BCUT2D eigenvalue weighted by molar-refractivity contribution is 0.245. The van der Waals surface area contributed by atoms with Crippen LogP contribution in [0.5, 0.6) is 0 Å². The minimum atomic E-state index is 0.423. The van der Waals surface area contributed by atoms with Crippen LogP contribution in [-0.2, 0) is 19.4 Å². The summed E-state index contributed by atoms with van der Waals surface area (Å²) in [6.45, 7) is 6.36. The van der Waals surface area contributed by atoms with Crippen LogP contribution < -0.4 is 0 Å². The van der Waals surface area contributed by atoms with Crippen molar-refractivity contribution in [2.75, 3.05) is 13.6 Å². The predicted octanol–water partition coefficient (Wildman–Crippen LogP) is 4.79. The SMILES string of the molecule is Cc1ccc(CCn2c3c(c4cccc(Cl)c42)C(C)N(C)CC3)cn1. The quantitative estimate of drug-likeness (QED) is 0.675. The summed E-state index contributed by atoms with van der Waals surface area (Å²) in [6, 6.07) is 11.0. The fourth-order valence-corrected chi connectivity index (χ4v) is 4.29. The van der Waals surface area contributed by atoms with Gasteiger partial charge < -0.3 is 4.57 Å². The molecule has 0 bridgehead atoms. The van der Waals surface area contributed by atoms with Crippen LogP contribution in [0.3, 0.4) is 0 Å². The van der Waals surface area contributed by atoms with E-state index in [-0.39, 0.29) is 0 Å².